The van der Waals surface area contributed by atoms with Crippen LogP contribution in [0.4, 0.5) is 4.79 Å². The number of amides is 1. The Morgan fingerprint density at radius 3 is 2.43 bits per heavy atom. The molecule has 1 amide bonds. The van der Waals surface area contributed by atoms with Gasteiger partial charge in [0.2, 0.25) is 5.91 Å². The van der Waals surface area contributed by atoms with Crippen molar-refractivity contribution in [2.45, 2.75) is 88.1 Å². The summed E-state index contributed by atoms with van der Waals surface area (Å²) in [4.78, 5) is 34.4. The number of rotatable bonds is 17. The molecule has 2 fully saturated rings. The Balaban J connectivity index is 1.51. The van der Waals surface area contributed by atoms with Gasteiger partial charge in [0.25, 0.3) is 0 Å². The van der Waals surface area contributed by atoms with Crippen LogP contribution in [0, 0.1) is 5.92 Å². The molecule has 16 nitrogen and oxygen atoms in total. The van der Waals surface area contributed by atoms with Crippen molar-refractivity contribution < 1.29 is 67.1 Å². The van der Waals surface area contributed by atoms with Gasteiger partial charge in [-0.3, -0.25) is 13.8 Å². The molecule has 2 aliphatic rings. The van der Waals surface area contributed by atoms with E-state index in [2.05, 4.69) is 15.2 Å². The first-order valence-corrected chi connectivity index (χ1v) is 17.0. The molecule has 0 spiro atoms. The number of carbonyl (C=O) groups excluding carboxylic acids is 2. The van der Waals surface area contributed by atoms with E-state index < -0.39 is 81.3 Å². The maximum atomic E-state index is 12.3. The Hall–Kier alpha value is -2.28. The largest absolute Gasteiger partial charge is 0.508 e. The van der Waals surface area contributed by atoms with E-state index in [0.29, 0.717) is 30.7 Å². The van der Waals surface area contributed by atoms with Crippen molar-refractivity contribution in [2.75, 3.05) is 34.0 Å². The fourth-order valence-electron chi connectivity index (χ4n) is 5.45. The predicted octanol–water partition coefficient (Wildman–Crippen LogP) is 0.923. The molecular weight excluding hydrogens is 663 g/mol. The molecule has 10 atom stereocenters. The van der Waals surface area contributed by atoms with Crippen LogP contribution < -0.4 is 10.6 Å². The third-order valence-corrected chi connectivity index (χ3v) is 9.08. The molecule has 0 bridgehead atoms. The lowest BCUT2D eigenvalue weighted by Gasteiger charge is -2.42. The van der Waals surface area contributed by atoms with Gasteiger partial charge in [-0.25, -0.2) is 9.36 Å². The molecule has 1 saturated heterocycles. The van der Waals surface area contributed by atoms with E-state index in [4.69, 9.17) is 40.4 Å². The summed E-state index contributed by atoms with van der Waals surface area (Å²) in [5, 5.41) is 35.7. The standard InChI is InChI=1S/C29H45N2O14PS/c1-17(33)30-23-25(35)24(34)21(14-32)44-28(23)41-12-8-7-11-22(47)31-20-13-19(26(27(20)39-2)45-46(37,38)40-3)16-43-29(36)42-15-18-9-5-4-6-10-18/h4-6,9-10,19-21,23-28,32,34-35H,7-8,11-16H2,1-3H3,(H,30,33)(H,31,47)(H,37,38)/t19-,20-,21-,23-,24+,25-,26?,27-,28-/m1/s1. The molecule has 1 saturated carbocycles. The highest BCUT2D eigenvalue weighted by Gasteiger charge is 2.49. The first kappa shape index (κ1) is 39.2. The minimum absolute atomic E-state index is 0.0157. The van der Waals surface area contributed by atoms with Gasteiger partial charge in [0.1, 0.15) is 49.8 Å². The van der Waals surface area contributed by atoms with Crippen LogP contribution in [0.3, 0.4) is 0 Å². The van der Waals surface area contributed by atoms with Crippen LogP contribution >= 0.6 is 20.0 Å². The lowest BCUT2D eigenvalue weighted by atomic mass is 9.97. The van der Waals surface area contributed by atoms with E-state index in [9.17, 15) is 34.4 Å². The number of aliphatic hydroxyl groups excluding tert-OH is 3. The van der Waals surface area contributed by atoms with Crippen LogP contribution in [-0.2, 0) is 48.7 Å². The van der Waals surface area contributed by atoms with Crippen LogP contribution in [-0.4, -0.2) is 120 Å². The second kappa shape index (κ2) is 19.0. The van der Waals surface area contributed by atoms with E-state index in [1.165, 1.54) is 14.0 Å². The van der Waals surface area contributed by atoms with Crippen molar-refractivity contribution in [2.24, 2.45) is 5.92 Å². The number of benzene rings is 1. The fraction of sp³-hybridized carbons (Fsp3) is 0.690. The number of nitrogens with one attached hydrogen (secondary N) is 2. The Morgan fingerprint density at radius 2 is 1.79 bits per heavy atom. The van der Waals surface area contributed by atoms with Crippen LogP contribution in [0.25, 0.3) is 0 Å². The molecule has 6 N–H and O–H groups in total. The molecule has 266 valence electrons. The zero-order valence-electron chi connectivity index (χ0n) is 26.5. The van der Waals surface area contributed by atoms with Gasteiger partial charge in [-0.05, 0) is 31.2 Å². The Labute approximate surface area is 278 Å². The fourth-order valence-corrected chi connectivity index (χ4v) is 6.43. The summed E-state index contributed by atoms with van der Waals surface area (Å²) < 4.78 is 49.8. The van der Waals surface area contributed by atoms with Crippen molar-refractivity contribution in [3.05, 3.63) is 35.9 Å². The van der Waals surface area contributed by atoms with Crippen molar-refractivity contribution in [1.29, 1.82) is 0 Å². The first-order valence-electron chi connectivity index (χ1n) is 15.1. The highest BCUT2D eigenvalue weighted by molar-refractivity contribution is 7.80. The zero-order valence-corrected chi connectivity index (χ0v) is 28.2. The number of hydrogen-bond donors (Lipinski definition) is 6. The first-order chi connectivity index (χ1) is 22.4. The van der Waals surface area contributed by atoms with Crippen LogP contribution in [0.15, 0.2) is 30.3 Å². The summed E-state index contributed by atoms with van der Waals surface area (Å²) in [6.45, 7) is 0.697. The monoisotopic (exact) mass is 708 g/mol. The van der Waals surface area contributed by atoms with Crippen LogP contribution in [0.5, 0.6) is 0 Å². The van der Waals surface area contributed by atoms with Gasteiger partial charge < -0.3 is 54.5 Å². The number of unbranched alkanes of at least 4 members (excludes halogenated alkanes) is 1. The number of hydrogen-bond acceptors (Lipinski definition) is 14. The van der Waals surface area contributed by atoms with Gasteiger partial charge >= 0.3 is 14.0 Å². The summed E-state index contributed by atoms with van der Waals surface area (Å²) in [7, 11) is -1.98. The lowest BCUT2D eigenvalue weighted by Crippen LogP contribution is -2.64. The molecular formula is C29H45N2O14PS. The molecule has 1 aliphatic carbocycles. The van der Waals surface area contributed by atoms with Gasteiger partial charge in [0.05, 0.1) is 17.6 Å². The number of aliphatic hydroxyl groups is 3. The average molecular weight is 709 g/mol. The molecule has 0 aromatic heterocycles. The zero-order chi connectivity index (χ0) is 34.6. The number of thiocarbonyl (C=S) groups is 1. The van der Waals surface area contributed by atoms with Gasteiger partial charge in [-0.15, -0.1) is 0 Å². The quantitative estimate of drug-likeness (QED) is 0.0573. The molecule has 1 aliphatic heterocycles. The molecule has 0 radical (unpaired) electrons. The third-order valence-electron chi connectivity index (χ3n) is 7.79. The smallest absolute Gasteiger partial charge is 0.434 e. The topological polar surface area (TPSA) is 221 Å². The number of phosphoric acid groups is 1. The second-order valence-corrected chi connectivity index (χ2v) is 13.2. The lowest BCUT2D eigenvalue weighted by molar-refractivity contribution is -0.270. The van der Waals surface area contributed by atoms with E-state index in [1.54, 1.807) is 12.1 Å². The van der Waals surface area contributed by atoms with E-state index in [0.717, 1.165) is 12.7 Å². The van der Waals surface area contributed by atoms with E-state index in [1.807, 2.05) is 18.2 Å². The molecule has 18 heteroatoms. The summed E-state index contributed by atoms with van der Waals surface area (Å²) in [5.41, 5.74) is 0.780. The molecule has 1 heterocycles. The van der Waals surface area contributed by atoms with Crippen LogP contribution in [0.2, 0.25) is 0 Å². The van der Waals surface area contributed by atoms with Gasteiger partial charge in [0, 0.05) is 33.7 Å². The number of methoxy groups -OCH3 is 1. The highest BCUT2D eigenvalue weighted by Crippen LogP contribution is 2.48. The molecule has 2 unspecified atom stereocenters. The molecule has 3 rings (SSSR count). The maximum Gasteiger partial charge on any atom is 0.508 e. The minimum atomic E-state index is -4.44. The predicted molar refractivity (Wildman–Crippen MR) is 168 cm³/mol. The molecule has 1 aromatic carbocycles. The van der Waals surface area contributed by atoms with Gasteiger partial charge in [-0.2, -0.15) is 0 Å². The van der Waals surface area contributed by atoms with E-state index in [-0.39, 0.29) is 19.8 Å². The normalized spacial score (nSPS) is 30.2. The SMILES string of the molecule is CO[C@H]1C(OP(=O)(O)OC)[C@@H](COC(=O)OCc2ccccc2)C[C@H]1NC(=S)CCCCO[C@@H]1O[C@H](CO)[C@H](O)[C@H](O)[C@H]1NC(C)=O. The number of carbonyl (C=O) groups is 2. The van der Waals surface area contributed by atoms with Crippen molar-refractivity contribution in [3.63, 3.8) is 0 Å². The van der Waals surface area contributed by atoms with Crippen molar-refractivity contribution in [3.8, 4) is 0 Å². The second-order valence-electron chi connectivity index (χ2n) is 11.2. The van der Waals surface area contributed by atoms with Crippen LogP contribution in [0.1, 0.15) is 38.2 Å². The Morgan fingerprint density at radius 1 is 1.06 bits per heavy atom. The molecule has 47 heavy (non-hydrogen) atoms. The Bertz CT molecular complexity index is 1200. The minimum Gasteiger partial charge on any atom is -0.434 e. The molecule has 1 aromatic rings. The third kappa shape index (κ3) is 12.0. The van der Waals surface area contributed by atoms with Gasteiger partial charge in [0.15, 0.2) is 6.29 Å². The maximum absolute atomic E-state index is 12.3. The summed E-state index contributed by atoms with van der Waals surface area (Å²) >= 11 is 5.55. The summed E-state index contributed by atoms with van der Waals surface area (Å²) in [6.07, 6.45) is -5.83. The Kier molecular flexibility index (Phi) is 15.9. The average Bonchev–Trinajstić information content (AvgIpc) is 3.36. The van der Waals surface area contributed by atoms with Crippen molar-refractivity contribution >= 4 is 37.1 Å². The number of phosphoric ester groups is 1. The van der Waals surface area contributed by atoms with Crippen molar-refractivity contribution in [1.82, 2.24) is 10.6 Å². The van der Waals surface area contributed by atoms with E-state index >= 15 is 0 Å². The summed E-state index contributed by atoms with van der Waals surface area (Å²) in [6, 6.07) is 7.56. The highest BCUT2D eigenvalue weighted by atomic mass is 32.1. The number of ether oxygens (including phenoxy) is 5. The van der Waals surface area contributed by atoms with Gasteiger partial charge in [-0.1, -0.05) is 42.5 Å². The summed E-state index contributed by atoms with van der Waals surface area (Å²) in [5.74, 6) is -1.02.